The van der Waals surface area contributed by atoms with Crippen LogP contribution in [-0.4, -0.2) is 24.2 Å². The fourth-order valence-electron chi connectivity index (χ4n) is 2.43. The summed E-state index contributed by atoms with van der Waals surface area (Å²) in [5, 5.41) is 8.93. The fourth-order valence-corrected chi connectivity index (χ4v) is 2.43. The third kappa shape index (κ3) is 2.49. The fraction of sp³-hybridized carbons (Fsp3) is 0.357. The highest BCUT2D eigenvalue weighted by Gasteiger charge is 2.29. The molecule has 1 aliphatic rings. The average molecular weight is 231 g/mol. The van der Waals surface area contributed by atoms with E-state index in [1.54, 1.807) is 0 Å². The number of rotatable bonds is 5. The predicted molar refractivity (Wildman–Crippen MR) is 68.5 cm³/mol. The minimum Gasteiger partial charge on any atom is -0.481 e. The van der Waals surface area contributed by atoms with Crippen molar-refractivity contribution in [2.45, 2.75) is 18.8 Å². The molecule has 90 valence electrons. The van der Waals surface area contributed by atoms with Gasteiger partial charge in [0.05, 0.1) is 6.42 Å². The molecule has 3 heteroatoms. The molecule has 0 fully saturated rings. The predicted octanol–water partition coefficient (Wildman–Crippen LogP) is 2.64. The minimum absolute atomic E-state index is 0.119. The van der Waals surface area contributed by atoms with E-state index in [1.807, 2.05) is 24.3 Å². The Morgan fingerprint density at radius 2 is 2.29 bits per heavy atom. The maximum atomic E-state index is 10.9. The maximum absolute atomic E-state index is 10.9. The van der Waals surface area contributed by atoms with Gasteiger partial charge in [-0.3, -0.25) is 4.79 Å². The summed E-state index contributed by atoms with van der Waals surface area (Å²) in [5.41, 5.74) is 2.35. The number of para-hydroxylation sites is 1. The first kappa shape index (κ1) is 11.7. The van der Waals surface area contributed by atoms with Crippen LogP contribution < -0.4 is 4.90 Å². The summed E-state index contributed by atoms with van der Waals surface area (Å²) in [4.78, 5) is 13.1. The van der Waals surface area contributed by atoms with Crippen LogP contribution in [0.25, 0.3) is 0 Å². The number of hydrogen-bond donors (Lipinski definition) is 1. The Morgan fingerprint density at radius 1 is 1.53 bits per heavy atom. The number of fused-ring (bicyclic) bond motifs is 1. The molecular formula is C14H17NO2. The summed E-state index contributed by atoms with van der Waals surface area (Å²) in [6.07, 6.45) is 3.03. The summed E-state index contributed by atoms with van der Waals surface area (Å²) >= 11 is 0. The van der Waals surface area contributed by atoms with Gasteiger partial charge in [0, 0.05) is 24.7 Å². The van der Waals surface area contributed by atoms with Gasteiger partial charge < -0.3 is 10.0 Å². The Kier molecular flexibility index (Phi) is 3.47. The zero-order valence-electron chi connectivity index (χ0n) is 9.80. The molecule has 1 aromatic carbocycles. The first-order valence-corrected chi connectivity index (χ1v) is 5.89. The first-order chi connectivity index (χ1) is 8.22. The van der Waals surface area contributed by atoms with E-state index >= 15 is 0 Å². The average Bonchev–Trinajstić information content (AvgIpc) is 2.65. The van der Waals surface area contributed by atoms with Gasteiger partial charge in [-0.25, -0.2) is 0 Å². The molecule has 1 aliphatic heterocycles. The minimum atomic E-state index is -0.727. The first-order valence-electron chi connectivity index (χ1n) is 5.89. The van der Waals surface area contributed by atoms with Crippen LogP contribution >= 0.6 is 0 Å². The molecule has 1 aromatic rings. The topological polar surface area (TPSA) is 40.5 Å². The van der Waals surface area contributed by atoms with E-state index in [4.69, 9.17) is 5.11 Å². The molecule has 1 unspecified atom stereocenters. The highest BCUT2D eigenvalue weighted by atomic mass is 16.4. The molecule has 0 amide bonds. The van der Waals surface area contributed by atoms with Gasteiger partial charge >= 0.3 is 5.97 Å². The molecule has 0 saturated heterocycles. The third-order valence-corrected chi connectivity index (χ3v) is 3.18. The van der Waals surface area contributed by atoms with Crippen molar-refractivity contribution in [3.8, 4) is 0 Å². The number of anilines is 1. The van der Waals surface area contributed by atoms with E-state index in [2.05, 4.69) is 17.5 Å². The highest BCUT2D eigenvalue weighted by molar-refractivity contribution is 5.71. The molecule has 0 saturated carbocycles. The smallest absolute Gasteiger partial charge is 0.304 e. The standard InChI is InChI=1S/C14H17NO2/c1-2-3-8-15-10-11(9-14(16)17)12-6-4-5-7-13(12)15/h2,4-7,11H,1,3,8-10H2,(H,16,17). The van der Waals surface area contributed by atoms with E-state index in [0.717, 1.165) is 19.5 Å². The summed E-state index contributed by atoms with van der Waals surface area (Å²) in [7, 11) is 0. The van der Waals surface area contributed by atoms with Gasteiger partial charge in [-0.2, -0.15) is 0 Å². The van der Waals surface area contributed by atoms with Crippen LogP contribution in [-0.2, 0) is 4.79 Å². The van der Waals surface area contributed by atoms with Crippen LogP contribution in [0.5, 0.6) is 0 Å². The van der Waals surface area contributed by atoms with E-state index in [1.165, 1.54) is 11.3 Å². The Labute approximate surface area is 101 Å². The lowest BCUT2D eigenvalue weighted by molar-refractivity contribution is -0.137. The summed E-state index contributed by atoms with van der Waals surface area (Å²) in [6.45, 7) is 5.44. The van der Waals surface area contributed by atoms with E-state index < -0.39 is 5.97 Å². The van der Waals surface area contributed by atoms with Crippen molar-refractivity contribution in [1.29, 1.82) is 0 Å². The molecule has 0 radical (unpaired) electrons. The Balaban J connectivity index is 2.19. The Hall–Kier alpha value is -1.77. The van der Waals surface area contributed by atoms with Gasteiger partial charge in [0.25, 0.3) is 0 Å². The molecule has 0 bridgehead atoms. The molecule has 1 atom stereocenters. The van der Waals surface area contributed by atoms with Crippen molar-refractivity contribution in [3.05, 3.63) is 42.5 Å². The third-order valence-electron chi connectivity index (χ3n) is 3.18. The monoisotopic (exact) mass is 231 g/mol. The quantitative estimate of drug-likeness (QED) is 0.792. The van der Waals surface area contributed by atoms with E-state index in [0.29, 0.717) is 0 Å². The van der Waals surface area contributed by atoms with Crippen LogP contribution in [0, 0.1) is 0 Å². The SMILES string of the molecule is C=CCCN1CC(CC(=O)O)c2ccccc21. The van der Waals surface area contributed by atoms with Gasteiger partial charge in [0.1, 0.15) is 0 Å². The highest BCUT2D eigenvalue weighted by Crippen LogP contribution is 2.37. The van der Waals surface area contributed by atoms with Crippen LogP contribution in [0.1, 0.15) is 24.3 Å². The van der Waals surface area contributed by atoms with Crippen molar-refractivity contribution in [2.24, 2.45) is 0 Å². The Morgan fingerprint density at radius 3 is 3.00 bits per heavy atom. The second-order valence-electron chi connectivity index (χ2n) is 4.38. The number of nitrogens with zero attached hydrogens (tertiary/aromatic N) is 1. The van der Waals surface area contributed by atoms with Crippen LogP contribution in [0.4, 0.5) is 5.69 Å². The summed E-state index contributed by atoms with van der Waals surface area (Å²) < 4.78 is 0. The van der Waals surface area contributed by atoms with Crippen LogP contribution in [0.2, 0.25) is 0 Å². The molecule has 3 nitrogen and oxygen atoms in total. The van der Waals surface area contributed by atoms with Crippen molar-refractivity contribution >= 4 is 11.7 Å². The van der Waals surface area contributed by atoms with Crippen molar-refractivity contribution in [3.63, 3.8) is 0 Å². The Bertz CT molecular complexity index is 428. The molecule has 2 rings (SSSR count). The number of benzene rings is 1. The zero-order chi connectivity index (χ0) is 12.3. The molecule has 0 aliphatic carbocycles. The summed E-state index contributed by atoms with van der Waals surface area (Å²) in [5.74, 6) is -0.608. The van der Waals surface area contributed by atoms with Crippen LogP contribution in [0.3, 0.4) is 0 Å². The molecule has 17 heavy (non-hydrogen) atoms. The molecule has 0 aromatic heterocycles. The number of carboxylic acid groups (broad SMARTS) is 1. The van der Waals surface area contributed by atoms with Gasteiger partial charge in [-0.15, -0.1) is 6.58 Å². The maximum Gasteiger partial charge on any atom is 0.304 e. The van der Waals surface area contributed by atoms with Crippen molar-refractivity contribution in [1.82, 2.24) is 0 Å². The number of hydrogen-bond acceptors (Lipinski definition) is 2. The lowest BCUT2D eigenvalue weighted by Crippen LogP contribution is -2.23. The van der Waals surface area contributed by atoms with Crippen molar-refractivity contribution in [2.75, 3.05) is 18.0 Å². The van der Waals surface area contributed by atoms with Gasteiger partial charge in [0.15, 0.2) is 0 Å². The normalized spacial score (nSPS) is 17.9. The molecule has 1 N–H and O–H groups in total. The van der Waals surface area contributed by atoms with Gasteiger partial charge in [0.2, 0.25) is 0 Å². The largest absolute Gasteiger partial charge is 0.481 e. The summed E-state index contributed by atoms with van der Waals surface area (Å²) in [6, 6.07) is 8.09. The molecule has 0 spiro atoms. The number of carbonyl (C=O) groups is 1. The lowest BCUT2D eigenvalue weighted by atomic mass is 9.98. The second-order valence-corrected chi connectivity index (χ2v) is 4.38. The van der Waals surface area contributed by atoms with E-state index in [-0.39, 0.29) is 12.3 Å². The van der Waals surface area contributed by atoms with Crippen molar-refractivity contribution < 1.29 is 9.90 Å². The van der Waals surface area contributed by atoms with Gasteiger partial charge in [-0.1, -0.05) is 24.3 Å². The second kappa shape index (κ2) is 5.04. The van der Waals surface area contributed by atoms with E-state index in [9.17, 15) is 4.79 Å². The molecule has 1 heterocycles. The van der Waals surface area contributed by atoms with Crippen LogP contribution in [0.15, 0.2) is 36.9 Å². The van der Waals surface area contributed by atoms with Gasteiger partial charge in [-0.05, 0) is 18.1 Å². The zero-order valence-corrected chi connectivity index (χ0v) is 9.80. The number of carboxylic acids is 1. The number of aliphatic carboxylic acids is 1. The molecular weight excluding hydrogens is 214 g/mol. The lowest BCUT2D eigenvalue weighted by Gasteiger charge is -2.18.